The molecule has 0 aromatic carbocycles. The highest BCUT2D eigenvalue weighted by Crippen LogP contribution is 2.27. The highest BCUT2D eigenvalue weighted by Gasteiger charge is 2.19. The number of carboxylic acid groups (broad SMARTS) is 1. The Hall–Kier alpha value is -1.91. The maximum atomic E-state index is 11.1. The monoisotopic (exact) mass is 261 g/mol. The van der Waals surface area contributed by atoms with Gasteiger partial charge in [-0.25, -0.2) is 4.98 Å². The first-order valence-corrected chi connectivity index (χ1v) is 6.55. The van der Waals surface area contributed by atoms with Crippen LogP contribution in [0.2, 0.25) is 0 Å². The minimum atomic E-state index is -0.813. The first-order chi connectivity index (χ1) is 8.99. The molecular formula is C14H19N3O2. The Labute approximate surface area is 112 Å². The summed E-state index contributed by atoms with van der Waals surface area (Å²) in [5, 5.41) is 14.5. The van der Waals surface area contributed by atoms with Gasteiger partial charge in [-0.1, -0.05) is 13.8 Å². The molecule has 0 aliphatic rings. The van der Waals surface area contributed by atoms with Crippen LogP contribution >= 0.6 is 0 Å². The van der Waals surface area contributed by atoms with Crippen LogP contribution in [0.3, 0.4) is 0 Å². The van der Waals surface area contributed by atoms with Crippen LogP contribution in [0.25, 0.3) is 11.0 Å². The van der Waals surface area contributed by atoms with Gasteiger partial charge in [0.05, 0.1) is 12.1 Å². The van der Waals surface area contributed by atoms with Crippen LogP contribution in [0, 0.1) is 6.92 Å². The molecular weight excluding hydrogens is 242 g/mol. The van der Waals surface area contributed by atoms with Gasteiger partial charge < -0.3 is 5.11 Å². The van der Waals surface area contributed by atoms with Crippen molar-refractivity contribution in [1.29, 1.82) is 0 Å². The number of hydrogen-bond donors (Lipinski definition) is 1. The summed E-state index contributed by atoms with van der Waals surface area (Å²) in [5.41, 5.74) is 4.57. The Morgan fingerprint density at radius 1 is 1.26 bits per heavy atom. The second-order valence-corrected chi connectivity index (χ2v) is 4.70. The molecule has 0 aliphatic carbocycles. The smallest absolute Gasteiger partial charge is 0.307 e. The largest absolute Gasteiger partial charge is 0.481 e. The predicted molar refractivity (Wildman–Crippen MR) is 73.3 cm³/mol. The first-order valence-electron chi connectivity index (χ1n) is 6.55. The molecule has 19 heavy (non-hydrogen) atoms. The van der Waals surface area contributed by atoms with Crippen LogP contribution in [0.4, 0.5) is 0 Å². The molecule has 2 aromatic heterocycles. The highest BCUT2D eigenvalue weighted by atomic mass is 16.4. The third-order valence-electron chi connectivity index (χ3n) is 3.46. The summed E-state index contributed by atoms with van der Waals surface area (Å²) in [5.74, 6) is -0.813. The van der Waals surface area contributed by atoms with Crippen LogP contribution in [0.15, 0.2) is 0 Å². The summed E-state index contributed by atoms with van der Waals surface area (Å²) < 4.78 is 1.77. The molecule has 0 aliphatic heterocycles. The van der Waals surface area contributed by atoms with E-state index in [0.29, 0.717) is 0 Å². The van der Waals surface area contributed by atoms with E-state index in [1.807, 2.05) is 27.8 Å². The lowest BCUT2D eigenvalue weighted by molar-refractivity contribution is -0.136. The number of carbonyl (C=O) groups is 1. The number of aliphatic carboxylic acids is 1. The van der Waals surface area contributed by atoms with Crippen molar-refractivity contribution in [2.45, 2.75) is 40.0 Å². The second-order valence-electron chi connectivity index (χ2n) is 4.70. The molecule has 0 amide bonds. The van der Waals surface area contributed by atoms with E-state index in [1.165, 1.54) is 0 Å². The van der Waals surface area contributed by atoms with Crippen LogP contribution in [-0.4, -0.2) is 25.8 Å². The summed E-state index contributed by atoms with van der Waals surface area (Å²) in [6.45, 7) is 5.99. The number of hydrogen-bond acceptors (Lipinski definition) is 3. The summed E-state index contributed by atoms with van der Waals surface area (Å²) in [6.07, 6.45) is 1.56. The Morgan fingerprint density at radius 3 is 2.47 bits per heavy atom. The van der Waals surface area contributed by atoms with Crippen molar-refractivity contribution in [2.75, 3.05) is 0 Å². The van der Waals surface area contributed by atoms with E-state index in [0.717, 1.165) is 46.4 Å². The third kappa shape index (κ3) is 2.20. The molecule has 0 bridgehead atoms. The molecule has 0 spiro atoms. The third-order valence-corrected chi connectivity index (χ3v) is 3.46. The molecule has 0 atom stereocenters. The second kappa shape index (κ2) is 4.99. The molecule has 2 aromatic rings. The highest BCUT2D eigenvalue weighted by molar-refractivity contribution is 5.85. The molecule has 2 heterocycles. The van der Waals surface area contributed by atoms with Gasteiger partial charge in [0, 0.05) is 18.1 Å². The fourth-order valence-electron chi connectivity index (χ4n) is 2.69. The molecule has 2 rings (SSSR count). The number of nitrogens with zero attached hydrogens (tertiary/aromatic N) is 3. The lowest BCUT2D eigenvalue weighted by Gasteiger charge is -2.12. The quantitative estimate of drug-likeness (QED) is 0.914. The number of fused-ring (bicyclic) bond motifs is 1. The average molecular weight is 261 g/mol. The fraction of sp³-hybridized carbons (Fsp3) is 0.500. The first kappa shape index (κ1) is 13.5. The van der Waals surface area contributed by atoms with Gasteiger partial charge in [0.25, 0.3) is 0 Å². The number of aromatic nitrogens is 3. The molecule has 0 unspecified atom stereocenters. The SMILES string of the molecule is CCc1nc2c(c(C)nn2C)c(CC)c1CC(=O)O. The lowest BCUT2D eigenvalue weighted by Crippen LogP contribution is -2.10. The van der Waals surface area contributed by atoms with Gasteiger partial charge >= 0.3 is 5.97 Å². The normalized spacial score (nSPS) is 11.2. The van der Waals surface area contributed by atoms with E-state index in [2.05, 4.69) is 10.1 Å². The maximum absolute atomic E-state index is 11.1. The lowest BCUT2D eigenvalue weighted by atomic mass is 9.96. The number of rotatable bonds is 4. The zero-order valence-electron chi connectivity index (χ0n) is 11.8. The number of aryl methyl sites for hydroxylation is 4. The van der Waals surface area contributed by atoms with E-state index >= 15 is 0 Å². The molecule has 5 nitrogen and oxygen atoms in total. The van der Waals surface area contributed by atoms with E-state index in [4.69, 9.17) is 5.11 Å². The number of pyridine rings is 1. The minimum Gasteiger partial charge on any atom is -0.481 e. The van der Waals surface area contributed by atoms with Gasteiger partial charge in [0.2, 0.25) is 0 Å². The Balaban J connectivity index is 2.84. The standard InChI is InChI=1S/C14H19N3O2/c1-5-9-10(7-12(18)19)11(6-2)15-14-13(9)8(3)16-17(14)4/h5-7H2,1-4H3,(H,18,19). The zero-order chi connectivity index (χ0) is 14.2. The summed E-state index contributed by atoms with van der Waals surface area (Å²) in [6, 6.07) is 0. The van der Waals surface area contributed by atoms with Gasteiger partial charge in [-0.2, -0.15) is 5.10 Å². The summed E-state index contributed by atoms with van der Waals surface area (Å²) in [4.78, 5) is 15.7. The molecule has 0 radical (unpaired) electrons. The van der Waals surface area contributed by atoms with E-state index in [9.17, 15) is 4.79 Å². The Kier molecular flexibility index (Phi) is 3.55. The summed E-state index contributed by atoms with van der Waals surface area (Å²) >= 11 is 0. The topological polar surface area (TPSA) is 68.0 Å². The maximum Gasteiger partial charge on any atom is 0.307 e. The van der Waals surface area contributed by atoms with Crippen LogP contribution in [-0.2, 0) is 31.1 Å². The van der Waals surface area contributed by atoms with E-state index in [-0.39, 0.29) is 6.42 Å². The van der Waals surface area contributed by atoms with Gasteiger partial charge in [-0.05, 0) is 30.9 Å². The summed E-state index contributed by atoms with van der Waals surface area (Å²) in [7, 11) is 1.87. The van der Waals surface area contributed by atoms with Crippen molar-refractivity contribution in [3.63, 3.8) is 0 Å². The van der Waals surface area contributed by atoms with Crippen molar-refractivity contribution < 1.29 is 9.90 Å². The molecule has 5 heteroatoms. The van der Waals surface area contributed by atoms with Crippen molar-refractivity contribution in [3.05, 3.63) is 22.5 Å². The molecule has 1 N–H and O–H groups in total. The van der Waals surface area contributed by atoms with Crippen LogP contribution < -0.4 is 0 Å². The zero-order valence-corrected chi connectivity index (χ0v) is 11.8. The van der Waals surface area contributed by atoms with Gasteiger partial charge in [-0.3, -0.25) is 9.48 Å². The molecule has 0 saturated carbocycles. The van der Waals surface area contributed by atoms with Gasteiger partial charge in [-0.15, -0.1) is 0 Å². The van der Waals surface area contributed by atoms with Crippen LogP contribution in [0.1, 0.15) is 36.4 Å². The van der Waals surface area contributed by atoms with Gasteiger partial charge in [0.1, 0.15) is 0 Å². The molecule has 102 valence electrons. The molecule has 0 fully saturated rings. The van der Waals surface area contributed by atoms with Crippen molar-refractivity contribution in [2.24, 2.45) is 7.05 Å². The molecule has 0 saturated heterocycles. The predicted octanol–water partition coefficient (Wildman–Crippen LogP) is 2.03. The van der Waals surface area contributed by atoms with Crippen molar-refractivity contribution in [3.8, 4) is 0 Å². The van der Waals surface area contributed by atoms with Gasteiger partial charge in [0.15, 0.2) is 5.65 Å². The van der Waals surface area contributed by atoms with Crippen molar-refractivity contribution >= 4 is 17.0 Å². The van der Waals surface area contributed by atoms with Crippen molar-refractivity contribution in [1.82, 2.24) is 14.8 Å². The average Bonchev–Trinajstić information content (AvgIpc) is 2.63. The van der Waals surface area contributed by atoms with E-state index in [1.54, 1.807) is 4.68 Å². The Bertz CT molecular complexity index is 644. The van der Waals surface area contributed by atoms with E-state index < -0.39 is 5.97 Å². The number of carboxylic acids is 1. The fourth-order valence-corrected chi connectivity index (χ4v) is 2.69. The Morgan fingerprint density at radius 2 is 1.95 bits per heavy atom. The minimum absolute atomic E-state index is 0.0314. The van der Waals surface area contributed by atoms with Crippen LogP contribution in [0.5, 0.6) is 0 Å².